The number of nitrogens with zero attached hydrogens (tertiary/aromatic N) is 2. The van der Waals surface area contributed by atoms with E-state index in [1.165, 1.54) is 6.07 Å². The fourth-order valence-electron chi connectivity index (χ4n) is 3.63. The lowest BCUT2D eigenvalue weighted by molar-refractivity contribution is -0.131. The Balaban J connectivity index is 1.54. The van der Waals surface area contributed by atoms with E-state index >= 15 is 0 Å². The number of rotatable bonds is 4. The monoisotopic (exact) mass is 369 g/mol. The van der Waals surface area contributed by atoms with Crippen molar-refractivity contribution in [3.63, 3.8) is 0 Å². The minimum absolute atomic E-state index is 0.0222. The first kappa shape index (κ1) is 17.6. The molecule has 1 fully saturated rings. The number of hydrogen-bond acceptors (Lipinski definition) is 5. The van der Waals surface area contributed by atoms with Gasteiger partial charge in [-0.1, -0.05) is 19.9 Å². The van der Waals surface area contributed by atoms with Crippen molar-refractivity contribution >= 4 is 5.91 Å². The Morgan fingerprint density at radius 1 is 1.30 bits per heavy atom. The van der Waals surface area contributed by atoms with Crippen LogP contribution in [0.5, 0.6) is 11.5 Å². The molecule has 2 aliphatic heterocycles. The fraction of sp³-hybridized carbons (Fsp3) is 0.450. The number of ether oxygens (including phenoxy) is 2. The molecule has 0 saturated carbocycles. The van der Waals surface area contributed by atoms with Crippen LogP contribution in [0, 0.1) is 0 Å². The van der Waals surface area contributed by atoms with E-state index in [1.54, 1.807) is 0 Å². The number of likely N-dealkylation sites (tertiary alicyclic amines) is 1. The summed E-state index contributed by atoms with van der Waals surface area (Å²) in [7, 11) is 0. The van der Waals surface area contributed by atoms with Crippen LogP contribution < -0.4 is 15.0 Å². The van der Waals surface area contributed by atoms with Crippen LogP contribution in [0.1, 0.15) is 55.7 Å². The summed E-state index contributed by atoms with van der Waals surface area (Å²) in [6, 6.07) is 6.92. The minimum Gasteiger partial charge on any atom is -0.454 e. The molecule has 1 saturated heterocycles. The van der Waals surface area contributed by atoms with Gasteiger partial charge in [0.15, 0.2) is 11.5 Å². The van der Waals surface area contributed by atoms with Crippen molar-refractivity contribution in [1.82, 2.24) is 14.9 Å². The van der Waals surface area contributed by atoms with Crippen molar-refractivity contribution in [2.45, 2.75) is 45.1 Å². The van der Waals surface area contributed by atoms with Crippen molar-refractivity contribution in [1.29, 1.82) is 0 Å². The predicted molar refractivity (Wildman–Crippen MR) is 98.9 cm³/mol. The summed E-state index contributed by atoms with van der Waals surface area (Å²) < 4.78 is 10.7. The number of carbonyl (C=O) groups is 1. The lowest BCUT2D eigenvalue weighted by atomic mass is 10.1. The van der Waals surface area contributed by atoms with Gasteiger partial charge in [0.1, 0.15) is 5.82 Å². The smallest absolute Gasteiger partial charge is 0.251 e. The Kier molecular flexibility index (Phi) is 4.59. The summed E-state index contributed by atoms with van der Waals surface area (Å²) in [6.07, 6.45) is 1.98. The second kappa shape index (κ2) is 7.06. The maximum atomic E-state index is 12.9. The van der Waals surface area contributed by atoms with Gasteiger partial charge >= 0.3 is 0 Å². The van der Waals surface area contributed by atoms with Crippen molar-refractivity contribution in [3.8, 4) is 11.5 Å². The van der Waals surface area contributed by atoms with E-state index < -0.39 is 0 Å². The molecule has 1 aromatic carbocycles. The molecule has 0 radical (unpaired) electrons. The number of carbonyl (C=O) groups excluding carboxylic acids is 1. The van der Waals surface area contributed by atoms with Gasteiger partial charge in [0.25, 0.3) is 5.56 Å². The number of benzene rings is 1. The van der Waals surface area contributed by atoms with E-state index in [9.17, 15) is 9.59 Å². The Labute approximate surface area is 157 Å². The number of H-pyrrole nitrogens is 1. The third-order valence-corrected chi connectivity index (χ3v) is 5.05. The van der Waals surface area contributed by atoms with Gasteiger partial charge in [-0.15, -0.1) is 0 Å². The number of aromatic nitrogens is 2. The molecule has 0 aliphatic carbocycles. The van der Waals surface area contributed by atoms with Crippen molar-refractivity contribution in [2.24, 2.45) is 0 Å². The van der Waals surface area contributed by atoms with Crippen molar-refractivity contribution in [3.05, 3.63) is 51.7 Å². The van der Waals surface area contributed by atoms with Gasteiger partial charge in [-0.25, -0.2) is 4.98 Å². The predicted octanol–water partition coefficient (Wildman–Crippen LogP) is 2.53. The first-order chi connectivity index (χ1) is 13.0. The van der Waals surface area contributed by atoms with E-state index in [2.05, 4.69) is 9.97 Å². The van der Waals surface area contributed by atoms with Crippen LogP contribution in [-0.2, 0) is 11.2 Å². The summed E-state index contributed by atoms with van der Waals surface area (Å²) in [5, 5.41) is 0. The zero-order chi connectivity index (χ0) is 19.0. The molecule has 142 valence electrons. The van der Waals surface area contributed by atoms with E-state index in [0.29, 0.717) is 23.9 Å². The normalized spacial score (nSPS) is 18.3. The Bertz CT molecular complexity index is 922. The lowest BCUT2D eigenvalue weighted by Crippen LogP contribution is -2.33. The molecular formula is C20H23N3O4. The third-order valence-electron chi connectivity index (χ3n) is 5.05. The summed E-state index contributed by atoms with van der Waals surface area (Å²) >= 11 is 0. The molecule has 27 heavy (non-hydrogen) atoms. The number of amides is 1. The zero-order valence-corrected chi connectivity index (χ0v) is 15.5. The molecule has 0 bridgehead atoms. The molecule has 1 atom stereocenters. The minimum atomic E-state index is -0.182. The first-order valence-corrected chi connectivity index (χ1v) is 9.30. The highest BCUT2D eigenvalue weighted by atomic mass is 16.7. The molecule has 7 nitrogen and oxygen atoms in total. The third kappa shape index (κ3) is 3.54. The SMILES string of the molecule is CC(C)c1cc(=O)[nH]c(C2CCCN2C(=O)Cc2ccc3c(c2)OCO3)n1. The van der Waals surface area contributed by atoms with Crippen LogP contribution in [0.4, 0.5) is 0 Å². The van der Waals surface area contributed by atoms with Crippen LogP contribution >= 0.6 is 0 Å². The molecule has 0 spiro atoms. The van der Waals surface area contributed by atoms with Gasteiger partial charge in [0, 0.05) is 12.6 Å². The highest BCUT2D eigenvalue weighted by Gasteiger charge is 2.32. The van der Waals surface area contributed by atoms with Gasteiger partial charge in [0.2, 0.25) is 12.7 Å². The Hall–Kier alpha value is -2.83. The van der Waals surface area contributed by atoms with Gasteiger partial charge in [-0.3, -0.25) is 9.59 Å². The molecule has 3 heterocycles. The largest absolute Gasteiger partial charge is 0.454 e. The maximum Gasteiger partial charge on any atom is 0.251 e. The number of nitrogens with one attached hydrogen (secondary N) is 1. The zero-order valence-electron chi connectivity index (χ0n) is 15.5. The quantitative estimate of drug-likeness (QED) is 0.895. The number of aromatic amines is 1. The molecule has 2 aliphatic rings. The highest BCUT2D eigenvalue weighted by molar-refractivity contribution is 5.79. The second-order valence-corrected chi connectivity index (χ2v) is 7.32. The van der Waals surface area contributed by atoms with Crippen LogP contribution in [0.15, 0.2) is 29.1 Å². The van der Waals surface area contributed by atoms with Gasteiger partial charge < -0.3 is 19.4 Å². The molecule has 1 N–H and O–H groups in total. The molecule has 7 heteroatoms. The average Bonchev–Trinajstić information content (AvgIpc) is 3.30. The van der Waals surface area contributed by atoms with Crippen LogP contribution in [0.2, 0.25) is 0 Å². The molecule has 1 unspecified atom stereocenters. The standard InChI is InChI=1S/C20H23N3O4/c1-12(2)14-10-18(24)22-20(21-14)15-4-3-7-23(15)19(25)9-13-5-6-16-17(8-13)27-11-26-16/h5-6,8,10,12,15H,3-4,7,9,11H2,1-2H3,(H,21,22,24). The van der Waals surface area contributed by atoms with Gasteiger partial charge in [-0.05, 0) is 36.5 Å². The summed E-state index contributed by atoms with van der Waals surface area (Å²) in [5.41, 5.74) is 1.47. The van der Waals surface area contributed by atoms with Crippen LogP contribution in [0.3, 0.4) is 0 Å². The molecular weight excluding hydrogens is 346 g/mol. The fourth-order valence-corrected chi connectivity index (χ4v) is 3.63. The number of fused-ring (bicyclic) bond motifs is 1. The lowest BCUT2D eigenvalue weighted by Gasteiger charge is -2.24. The first-order valence-electron chi connectivity index (χ1n) is 9.30. The summed E-state index contributed by atoms with van der Waals surface area (Å²) in [5.74, 6) is 2.15. The van der Waals surface area contributed by atoms with E-state index in [4.69, 9.17) is 9.47 Å². The van der Waals surface area contributed by atoms with Crippen LogP contribution in [-0.4, -0.2) is 34.1 Å². The van der Waals surface area contributed by atoms with E-state index in [0.717, 1.165) is 24.1 Å². The molecule has 1 amide bonds. The van der Waals surface area contributed by atoms with E-state index in [1.807, 2.05) is 36.9 Å². The summed E-state index contributed by atoms with van der Waals surface area (Å²) in [6.45, 7) is 4.89. The molecule has 2 aromatic rings. The van der Waals surface area contributed by atoms with Crippen molar-refractivity contribution in [2.75, 3.05) is 13.3 Å². The Morgan fingerprint density at radius 3 is 2.93 bits per heavy atom. The maximum absolute atomic E-state index is 12.9. The van der Waals surface area contributed by atoms with Crippen molar-refractivity contribution < 1.29 is 14.3 Å². The molecule has 1 aromatic heterocycles. The topological polar surface area (TPSA) is 84.5 Å². The molecule has 4 rings (SSSR count). The second-order valence-electron chi connectivity index (χ2n) is 7.32. The van der Waals surface area contributed by atoms with Gasteiger partial charge in [-0.2, -0.15) is 0 Å². The number of hydrogen-bond donors (Lipinski definition) is 1. The average molecular weight is 369 g/mol. The Morgan fingerprint density at radius 2 is 2.11 bits per heavy atom. The highest BCUT2D eigenvalue weighted by Crippen LogP contribution is 2.34. The summed E-state index contributed by atoms with van der Waals surface area (Å²) in [4.78, 5) is 34.2. The van der Waals surface area contributed by atoms with Gasteiger partial charge in [0.05, 0.1) is 18.2 Å². The van der Waals surface area contributed by atoms with Crippen LogP contribution in [0.25, 0.3) is 0 Å². The van der Waals surface area contributed by atoms with E-state index in [-0.39, 0.29) is 36.6 Å².